The van der Waals surface area contributed by atoms with Crippen LogP contribution in [0.25, 0.3) is 0 Å². The van der Waals surface area contributed by atoms with Crippen LogP contribution in [-0.2, 0) is 6.42 Å². The standard InChI is InChI=1S/C20H27BrO2/c1-20-8-6-16-15-5-3-14(22)10-12(15)2-4-17(16)18(20)11-13(7-9-21)19(20)23/h3,5,10,13,16-19,22-23H,2,4,6-9,11H2,1H3/t13-,16-,17-,18+,19+,20+/m1/s1. The summed E-state index contributed by atoms with van der Waals surface area (Å²) in [6.45, 7) is 2.35. The molecule has 0 heterocycles. The lowest BCUT2D eigenvalue weighted by Crippen LogP contribution is -2.44. The topological polar surface area (TPSA) is 40.5 Å². The van der Waals surface area contributed by atoms with E-state index in [0.29, 0.717) is 29.4 Å². The van der Waals surface area contributed by atoms with Crippen LogP contribution in [0.1, 0.15) is 56.1 Å². The first-order valence-corrected chi connectivity index (χ1v) is 10.2. The number of phenols is 1. The van der Waals surface area contributed by atoms with Crippen molar-refractivity contribution in [3.63, 3.8) is 0 Å². The van der Waals surface area contributed by atoms with Gasteiger partial charge in [-0.3, -0.25) is 0 Å². The molecule has 3 aliphatic rings. The summed E-state index contributed by atoms with van der Waals surface area (Å²) >= 11 is 3.57. The molecule has 126 valence electrons. The van der Waals surface area contributed by atoms with E-state index < -0.39 is 0 Å². The molecule has 3 aliphatic carbocycles. The Hall–Kier alpha value is -0.540. The van der Waals surface area contributed by atoms with Crippen molar-refractivity contribution in [2.24, 2.45) is 23.2 Å². The van der Waals surface area contributed by atoms with E-state index in [2.05, 4.69) is 28.9 Å². The third-order valence-corrected chi connectivity index (χ3v) is 7.76. The van der Waals surface area contributed by atoms with E-state index in [0.717, 1.165) is 24.6 Å². The number of aromatic hydroxyl groups is 1. The van der Waals surface area contributed by atoms with Gasteiger partial charge in [0.2, 0.25) is 0 Å². The van der Waals surface area contributed by atoms with E-state index in [9.17, 15) is 10.2 Å². The molecule has 1 aromatic rings. The maximum Gasteiger partial charge on any atom is 0.115 e. The molecule has 2 N–H and O–H groups in total. The van der Waals surface area contributed by atoms with Crippen molar-refractivity contribution in [2.75, 3.05) is 5.33 Å². The van der Waals surface area contributed by atoms with Crippen molar-refractivity contribution in [3.05, 3.63) is 29.3 Å². The van der Waals surface area contributed by atoms with E-state index in [1.807, 2.05) is 12.1 Å². The van der Waals surface area contributed by atoms with E-state index >= 15 is 0 Å². The molecular weight excluding hydrogens is 352 g/mol. The number of aliphatic hydroxyl groups is 1. The van der Waals surface area contributed by atoms with Gasteiger partial charge < -0.3 is 10.2 Å². The Morgan fingerprint density at radius 2 is 2.13 bits per heavy atom. The zero-order valence-corrected chi connectivity index (χ0v) is 15.4. The van der Waals surface area contributed by atoms with Gasteiger partial charge in [-0.25, -0.2) is 0 Å². The van der Waals surface area contributed by atoms with Crippen molar-refractivity contribution >= 4 is 15.9 Å². The van der Waals surface area contributed by atoms with Crippen LogP contribution < -0.4 is 0 Å². The highest BCUT2D eigenvalue weighted by molar-refractivity contribution is 9.09. The van der Waals surface area contributed by atoms with E-state index in [-0.39, 0.29) is 11.5 Å². The largest absolute Gasteiger partial charge is 0.508 e. The minimum atomic E-state index is -0.132. The zero-order chi connectivity index (χ0) is 16.2. The van der Waals surface area contributed by atoms with Gasteiger partial charge in [0, 0.05) is 5.33 Å². The highest BCUT2D eigenvalue weighted by Crippen LogP contribution is 2.62. The molecule has 6 atom stereocenters. The smallest absolute Gasteiger partial charge is 0.115 e. The highest BCUT2D eigenvalue weighted by Gasteiger charge is 2.57. The van der Waals surface area contributed by atoms with Crippen LogP contribution in [0.5, 0.6) is 5.75 Å². The third kappa shape index (κ3) is 2.38. The lowest BCUT2D eigenvalue weighted by Gasteiger charge is -2.50. The number of aliphatic hydroxyl groups excluding tert-OH is 1. The van der Waals surface area contributed by atoms with Crippen LogP contribution in [0.15, 0.2) is 18.2 Å². The van der Waals surface area contributed by atoms with Gasteiger partial charge in [-0.05, 0) is 90.9 Å². The number of halogens is 1. The maximum absolute atomic E-state index is 10.9. The number of benzene rings is 1. The fourth-order valence-electron chi connectivity index (χ4n) is 6.14. The minimum absolute atomic E-state index is 0.114. The van der Waals surface area contributed by atoms with Crippen LogP contribution in [-0.4, -0.2) is 21.6 Å². The summed E-state index contributed by atoms with van der Waals surface area (Å²) in [5, 5.41) is 21.7. The van der Waals surface area contributed by atoms with Gasteiger partial charge in [-0.2, -0.15) is 0 Å². The van der Waals surface area contributed by atoms with Crippen molar-refractivity contribution in [2.45, 2.75) is 57.5 Å². The molecule has 0 spiro atoms. The first-order chi connectivity index (χ1) is 11.0. The average Bonchev–Trinajstić information content (AvgIpc) is 2.79. The second-order valence-electron chi connectivity index (χ2n) is 8.26. The fourth-order valence-corrected chi connectivity index (χ4v) is 6.73. The molecule has 2 saturated carbocycles. The quantitative estimate of drug-likeness (QED) is 0.736. The van der Waals surface area contributed by atoms with Gasteiger partial charge >= 0.3 is 0 Å². The third-order valence-electron chi connectivity index (χ3n) is 7.31. The lowest BCUT2D eigenvalue weighted by molar-refractivity contribution is -0.0327. The van der Waals surface area contributed by atoms with Gasteiger partial charge in [-0.1, -0.05) is 28.9 Å². The zero-order valence-electron chi connectivity index (χ0n) is 13.8. The fraction of sp³-hybridized carbons (Fsp3) is 0.700. The minimum Gasteiger partial charge on any atom is -0.508 e. The molecule has 0 aromatic heterocycles. The number of fused-ring (bicyclic) bond motifs is 5. The van der Waals surface area contributed by atoms with Crippen LogP contribution in [0.2, 0.25) is 0 Å². The first-order valence-electron chi connectivity index (χ1n) is 9.10. The van der Waals surface area contributed by atoms with Crippen LogP contribution in [0.3, 0.4) is 0 Å². The molecule has 3 heteroatoms. The van der Waals surface area contributed by atoms with Crippen LogP contribution in [0.4, 0.5) is 0 Å². The summed E-state index contributed by atoms with van der Waals surface area (Å²) in [5.41, 5.74) is 2.94. The molecule has 0 bridgehead atoms. The van der Waals surface area contributed by atoms with Crippen molar-refractivity contribution in [3.8, 4) is 5.75 Å². The molecule has 2 fully saturated rings. The van der Waals surface area contributed by atoms with E-state index in [4.69, 9.17) is 0 Å². The SMILES string of the molecule is C[C@]12CC[C@@H]3c4ccc(O)cc4CC[C@H]3[C@@H]1C[C@@H](CCBr)[C@@H]2O. The summed E-state index contributed by atoms with van der Waals surface area (Å²) < 4.78 is 0. The molecule has 0 radical (unpaired) electrons. The first kappa shape index (κ1) is 16.0. The number of aryl methyl sites for hydroxylation is 1. The lowest BCUT2D eigenvalue weighted by atomic mass is 9.55. The Bertz CT molecular complexity index is 601. The monoisotopic (exact) mass is 378 g/mol. The van der Waals surface area contributed by atoms with Gasteiger partial charge in [0.05, 0.1) is 6.10 Å². The Morgan fingerprint density at radius 1 is 1.30 bits per heavy atom. The molecule has 0 aliphatic heterocycles. The van der Waals surface area contributed by atoms with Gasteiger partial charge in [0.15, 0.2) is 0 Å². The van der Waals surface area contributed by atoms with Gasteiger partial charge in [-0.15, -0.1) is 0 Å². The molecular formula is C20H27BrO2. The van der Waals surface area contributed by atoms with E-state index in [1.54, 1.807) is 0 Å². The second-order valence-corrected chi connectivity index (χ2v) is 9.05. The summed E-state index contributed by atoms with van der Waals surface area (Å²) in [6.07, 6.45) is 6.78. The Morgan fingerprint density at radius 3 is 2.91 bits per heavy atom. The Balaban J connectivity index is 1.65. The molecule has 0 unspecified atom stereocenters. The molecule has 0 saturated heterocycles. The Kier molecular flexibility index (Phi) is 4.00. The molecule has 0 amide bonds. The predicted octanol–water partition coefficient (Wildman–Crippen LogP) is 4.62. The maximum atomic E-state index is 10.9. The predicted molar refractivity (Wildman–Crippen MR) is 96.0 cm³/mol. The number of hydrogen-bond acceptors (Lipinski definition) is 2. The van der Waals surface area contributed by atoms with Crippen molar-refractivity contribution < 1.29 is 10.2 Å². The molecule has 2 nitrogen and oxygen atoms in total. The van der Waals surface area contributed by atoms with Gasteiger partial charge in [0.1, 0.15) is 5.75 Å². The Labute approximate surface area is 147 Å². The van der Waals surface area contributed by atoms with Crippen molar-refractivity contribution in [1.82, 2.24) is 0 Å². The summed E-state index contributed by atoms with van der Waals surface area (Å²) in [7, 11) is 0. The summed E-state index contributed by atoms with van der Waals surface area (Å²) in [6, 6.07) is 5.98. The number of rotatable bonds is 2. The summed E-state index contributed by atoms with van der Waals surface area (Å²) in [5.74, 6) is 2.86. The molecule has 4 rings (SSSR count). The average molecular weight is 379 g/mol. The summed E-state index contributed by atoms with van der Waals surface area (Å²) in [4.78, 5) is 0. The van der Waals surface area contributed by atoms with E-state index in [1.165, 1.54) is 30.4 Å². The van der Waals surface area contributed by atoms with Gasteiger partial charge in [0.25, 0.3) is 0 Å². The number of hydrogen-bond donors (Lipinski definition) is 2. The highest BCUT2D eigenvalue weighted by atomic mass is 79.9. The number of alkyl halides is 1. The normalized spacial score (nSPS) is 42.0. The van der Waals surface area contributed by atoms with Crippen LogP contribution >= 0.6 is 15.9 Å². The molecule has 1 aromatic carbocycles. The second kappa shape index (κ2) is 5.77. The number of phenolic OH excluding ortho intramolecular Hbond substituents is 1. The molecule has 23 heavy (non-hydrogen) atoms. The van der Waals surface area contributed by atoms with Crippen molar-refractivity contribution in [1.29, 1.82) is 0 Å². The van der Waals surface area contributed by atoms with Crippen LogP contribution in [0, 0.1) is 23.2 Å².